The number of nitriles is 1. The van der Waals surface area contributed by atoms with Crippen molar-refractivity contribution in [1.29, 1.82) is 5.26 Å². The fraction of sp³-hybridized carbons (Fsp3) is 0.212. The van der Waals surface area contributed by atoms with E-state index in [9.17, 15) is 14.3 Å². The Morgan fingerprint density at radius 2 is 1.84 bits per heavy atom. The van der Waals surface area contributed by atoms with Gasteiger partial charge in [-0.15, -0.1) is 0 Å². The first-order valence-corrected chi connectivity index (χ1v) is 14.0. The zero-order valence-electron chi connectivity index (χ0n) is 23.9. The minimum atomic E-state index is -1.09. The van der Waals surface area contributed by atoms with Crippen LogP contribution >= 0.6 is 0 Å². The van der Waals surface area contributed by atoms with Gasteiger partial charge >= 0.3 is 5.97 Å². The Morgan fingerprint density at radius 1 is 1.02 bits per heavy atom. The molecule has 0 spiro atoms. The first kappa shape index (κ1) is 29.8. The summed E-state index contributed by atoms with van der Waals surface area (Å²) in [5.41, 5.74) is 1.62. The van der Waals surface area contributed by atoms with Crippen molar-refractivity contribution in [3.63, 3.8) is 0 Å². The average molecular weight is 614 g/mol. The number of fused-ring (bicyclic) bond motifs is 1. The van der Waals surface area contributed by atoms with E-state index in [0.29, 0.717) is 29.9 Å². The maximum atomic E-state index is 15.6. The topological polar surface area (TPSA) is 122 Å². The second-order valence-corrected chi connectivity index (χ2v) is 10.6. The van der Waals surface area contributed by atoms with Crippen LogP contribution in [0.3, 0.4) is 0 Å². The Hall–Kier alpha value is -5.25. The van der Waals surface area contributed by atoms with Crippen LogP contribution in [-0.4, -0.2) is 51.9 Å². The van der Waals surface area contributed by atoms with Gasteiger partial charge in [-0.25, -0.2) is 27.9 Å². The van der Waals surface area contributed by atoms with E-state index >= 15 is 8.78 Å². The Labute approximate surface area is 255 Å². The number of hydrogen-bond donors (Lipinski definition) is 2. The quantitative estimate of drug-likeness (QED) is 0.226. The molecule has 1 fully saturated rings. The fourth-order valence-corrected chi connectivity index (χ4v) is 5.53. The molecule has 45 heavy (non-hydrogen) atoms. The van der Waals surface area contributed by atoms with E-state index in [2.05, 4.69) is 15.3 Å². The molecule has 2 N–H and O–H groups in total. The van der Waals surface area contributed by atoms with Crippen LogP contribution < -0.4 is 10.1 Å². The van der Waals surface area contributed by atoms with Gasteiger partial charge in [0.2, 0.25) is 5.88 Å². The smallest absolute Gasteiger partial charge is 0.335 e. The van der Waals surface area contributed by atoms with Gasteiger partial charge in [-0.2, -0.15) is 5.26 Å². The van der Waals surface area contributed by atoms with Gasteiger partial charge in [0.15, 0.2) is 0 Å². The van der Waals surface area contributed by atoms with Gasteiger partial charge in [-0.1, -0.05) is 12.1 Å². The van der Waals surface area contributed by atoms with Crippen molar-refractivity contribution in [2.75, 3.05) is 20.2 Å². The van der Waals surface area contributed by atoms with Crippen molar-refractivity contribution in [2.45, 2.75) is 25.2 Å². The number of benzene rings is 3. The molecular weight excluding hydrogens is 587 g/mol. The molecule has 3 aromatic carbocycles. The highest BCUT2D eigenvalue weighted by Gasteiger charge is 2.32. The number of methoxy groups -OCH3 is 1. The Morgan fingerprint density at radius 3 is 2.60 bits per heavy atom. The van der Waals surface area contributed by atoms with Gasteiger partial charge in [0, 0.05) is 43.8 Å². The lowest BCUT2D eigenvalue weighted by Crippen LogP contribution is -2.26. The SMILES string of the molecule is CO[C@@H]1CNC[C@H]1n1c(Cc2cc(F)c(-c3cccc(OCc4ccc(C#N)cc4F)n3)cc2F)nc2ccc(C(=O)O)cc21. The van der Waals surface area contributed by atoms with Gasteiger partial charge in [-0.3, -0.25) is 0 Å². The standard InChI is InChI=1S/C33H26F3N5O4/c1-44-30-16-38-15-29(30)41-28-11-19(33(42)43)7-8-27(28)39-31(41)12-21-10-25(36)22(13-24(21)35)26-3-2-4-32(40-26)45-17-20-6-5-18(14-37)9-23(20)34/h2-11,13,29-30,38H,12,15-17H2,1H3,(H,42,43)/t29-,30-/m1/s1. The number of aromatic nitrogens is 3. The second-order valence-electron chi connectivity index (χ2n) is 10.6. The molecule has 0 amide bonds. The molecule has 9 nitrogen and oxygen atoms in total. The summed E-state index contributed by atoms with van der Waals surface area (Å²) < 4.78 is 58.5. The molecule has 0 radical (unpaired) electrons. The van der Waals surface area contributed by atoms with Gasteiger partial charge < -0.3 is 24.5 Å². The second kappa shape index (κ2) is 12.4. The average Bonchev–Trinajstić information content (AvgIpc) is 3.65. The molecule has 0 bridgehead atoms. The number of hydrogen-bond acceptors (Lipinski definition) is 7. The number of carbonyl (C=O) groups is 1. The van der Waals surface area contributed by atoms with Crippen LogP contribution in [0.4, 0.5) is 13.2 Å². The summed E-state index contributed by atoms with van der Waals surface area (Å²) in [4.78, 5) is 20.6. The molecule has 3 heterocycles. The van der Waals surface area contributed by atoms with Gasteiger partial charge in [0.05, 0.1) is 46.1 Å². The van der Waals surface area contributed by atoms with Crippen molar-refractivity contribution < 1.29 is 32.5 Å². The predicted octanol–water partition coefficient (Wildman–Crippen LogP) is 5.41. The lowest BCUT2D eigenvalue weighted by atomic mass is 10.0. The van der Waals surface area contributed by atoms with Crippen molar-refractivity contribution >= 4 is 17.0 Å². The lowest BCUT2D eigenvalue weighted by molar-refractivity contribution is 0.0697. The number of ether oxygens (including phenoxy) is 2. The Kier molecular flexibility index (Phi) is 8.21. The lowest BCUT2D eigenvalue weighted by Gasteiger charge is -2.22. The van der Waals surface area contributed by atoms with Crippen molar-refractivity contribution in [3.8, 4) is 23.2 Å². The molecule has 6 rings (SSSR count). The molecule has 0 aliphatic carbocycles. The summed E-state index contributed by atoms with van der Waals surface area (Å²) in [6, 6.07) is 16.9. The number of aromatic carboxylic acids is 1. The Balaban J connectivity index is 1.29. The molecule has 5 aromatic rings. The summed E-state index contributed by atoms with van der Waals surface area (Å²) in [5, 5.41) is 21.7. The van der Waals surface area contributed by atoms with E-state index in [1.165, 1.54) is 36.4 Å². The first-order valence-electron chi connectivity index (χ1n) is 14.0. The van der Waals surface area contributed by atoms with Crippen molar-refractivity contribution in [1.82, 2.24) is 19.9 Å². The van der Waals surface area contributed by atoms with Crippen LogP contribution in [0.15, 0.2) is 66.7 Å². The van der Waals surface area contributed by atoms with E-state index in [0.717, 1.165) is 18.2 Å². The Bertz CT molecular complexity index is 1970. The highest BCUT2D eigenvalue weighted by Crippen LogP contribution is 2.31. The van der Waals surface area contributed by atoms with Crippen LogP contribution in [0, 0.1) is 28.8 Å². The van der Waals surface area contributed by atoms with Crippen molar-refractivity contribution in [3.05, 3.63) is 112 Å². The van der Waals surface area contributed by atoms with E-state index in [1.54, 1.807) is 19.2 Å². The van der Waals surface area contributed by atoms with Gasteiger partial charge in [0.25, 0.3) is 0 Å². The summed E-state index contributed by atoms with van der Waals surface area (Å²) in [7, 11) is 1.58. The van der Waals surface area contributed by atoms with E-state index in [1.807, 2.05) is 10.6 Å². The largest absolute Gasteiger partial charge is 0.478 e. The van der Waals surface area contributed by atoms with Gasteiger partial charge in [-0.05, 0) is 54.1 Å². The molecule has 1 aliphatic rings. The highest BCUT2D eigenvalue weighted by atomic mass is 19.1. The number of nitrogens with zero attached hydrogens (tertiary/aromatic N) is 4. The normalized spacial score (nSPS) is 16.2. The summed E-state index contributed by atoms with van der Waals surface area (Å²) in [6.45, 7) is 0.903. The third-order valence-electron chi connectivity index (χ3n) is 7.81. The molecule has 1 aliphatic heterocycles. The molecule has 1 saturated heterocycles. The molecule has 228 valence electrons. The molecule has 0 saturated carbocycles. The number of carboxylic acid groups (broad SMARTS) is 1. The minimum absolute atomic E-state index is 0.0508. The van der Waals surface area contributed by atoms with Crippen LogP contribution in [0.5, 0.6) is 5.88 Å². The third kappa shape index (κ3) is 5.95. The fourth-order valence-electron chi connectivity index (χ4n) is 5.53. The van der Waals surface area contributed by atoms with Crippen LogP contribution in [0.25, 0.3) is 22.3 Å². The molecule has 12 heteroatoms. The number of rotatable bonds is 9. The monoisotopic (exact) mass is 613 g/mol. The van der Waals surface area contributed by atoms with E-state index in [4.69, 9.17) is 14.7 Å². The summed E-state index contributed by atoms with van der Waals surface area (Å²) in [5.74, 6) is -2.59. The highest BCUT2D eigenvalue weighted by molar-refractivity contribution is 5.92. The number of carboxylic acids is 1. The summed E-state index contributed by atoms with van der Waals surface area (Å²) >= 11 is 0. The third-order valence-corrected chi connectivity index (χ3v) is 7.81. The van der Waals surface area contributed by atoms with E-state index in [-0.39, 0.29) is 64.6 Å². The number of pyridine rings is 1. The molecule has 2 aromatic heterocycles. The zero-order chi connectivity index (χ0) is 31.7. The van der Waals surface area contributed by atoms with Crippen molar-refractivity contribution in [2.24, 2.45) is 0 Å². The number of nitrogens with one attached hydrogen (secondary N) is 1. The molecule has 2 atom stereocenters. The zero-order valence-corrected chi connectivity index (χ0v) is 23.9. The number of halogens is 3. The van der Waals surface area contributed by atoms with Gasteiger partial charge in [0.1, 0.15) is 29.9 Å². The van der Waals surface area contributed by atoms with E-state index < -0.39 is 23.4 Å². The maximum Gasteiger partial charge on any atom is 0.335 e. The molecular formula is C33H26F3N5O4. The maximum absolute atomic E-state index is 15.6. The van der Waals surface area contributed by atoms with Crippen LogP contribution in [-0.2, 0) is 17.8 Å². The number of imidazole rings is 1. The van der Waals surface area contributed by atoms with Crippen LogP contribution in [0.1, 0.15) is 38.9 Å². The predicted molar refractivity (Wildman–Crippen MR) is 157 cm³/mol. The first-order chi connectivity index (χ1) is 21.7. The van der Waals surface area contributed by atoms with Crippen LogP contribution in [0.2, 0.25) is 0 Å². The minimum Gasteiger partial charge on any atom is -0.478 e. The molecule has 0 unspecified atom stereocenters. The summed E-state index contributed by atoms with van der Waals surface area (Å²) in [6.07, 6.45) is -0.313.